The molecule has 0 spiro atoms. The van der Waals surface area contributed by atoms with E-state index < -0.39 is 0 Å². The third-order valence-corrected chi connectivity index (χ3v) is 1.81. The summed E-state index contributed by atoms with van der Waals surface area (Å²) in [7, 11) is 0. The molecule has 2 nitrogen and oxygen atoms in total. The molecule has 0 aromatic carbocycles. The van der Waals surface area contributed by atoms with Crippen molar-refractivity contribution in [3.05, 3.63) is 11.6 Å². The van der Waals surface area contributed by atoms with E-state index in [1.807, 2.05) is 13.0 Å². The van der Waals surface area contributed by atoms with Gasteiger partial charge in [0, 0.05) is 6.42 Å². The minimum Gasteiger partial charge on any atom is -0.303 e. The molecule has 0 radical (unpaired) electrons. The van der Waals surface area contributed by atoms with Gasteiger partial charge in [-0.3, -0.25) is 4.79 Å². The second-order valence-electron chi connectivity index (χ2n) is 3.15. The lowest BCUT2D eigenvalue weighted by atomic mass is 10.0. The molecule has 0 aromatic heterocycles. The Hall–Kier alpha value is -0.920. The average molecular weight is 168 g/mol. The van der Waals surface area contributed by atoms with Gasteiger partial charge >= 0.3 is 0 Å². The maximum absolute atomic E-state index is 10.2. The number of carbonyl (C=O) groups is 2. The number of rotatable bonds is 6. The number of hydrogen-bond donors (Lipinski definition) is 0. The van der Waals surface area contributed by atoms with Crippen molar-refractivity contribution in [1.29, 1.82) is 0 Å². The minimum absolute atomic E-state index is 0.429. The topological polar surface area (TPSA) is 34.1 Å². The third-order valence-electron chi connectivity index (χ3n) is 1.81. The van der Waals surface area contributed by atoms with E-state index in [1.165, 1.54) is 0 Å². The molecule has 2 heteroatoms. The quantitative estimate of drug-likeness (QED) is 0.450. The summed E-state index contributed by atoms with van der Waals surface area (Å²) in [6, 6.07) is 0. The van der Waals surface area contributed by atoms with Gasteiger partial charge in [0.05, 0.1) is 0 Å². The highest BCUT2D eigenvalue weighted by atomic mass is 16.1. The zero-order valence-corrected chi connectivity index (χ0v) is 7.75. The fraction of sp³-hybridized carbons (Fsp3) is 0.600. The van der Waals surface area contributed by atoms with E-state index in [2.05, 4.69) is 0 Å². The second kappa shape index (κ2) is 6.77. The van der Waals surface area contributed by atoms with Gasteiger partial charge in [-0.1, -0.05) is 13.0 Å². The molecular formula is C10H16O2. The van der Waals surface area contributed by atoms with Crippen LogP contribution in [0.25, 0.3) is 0 Å². The molecule has 0 bridgehead atoms. The number of carbonyl (C=O) groups excluding carboxylic acids is 2. The SMILES string of the molecule is CC(C=O)=CCCC(C)CC=O. The summed E-state index contributed by atoms with van der Waals surface area (Å²) in [5, 5.41) is 0. The van der Waals surface area contributed by atoms with Crippen LogP contribution in [0.1, 0.15) is 33.1 Å². The number of allylic oxidation sites excluding steroid dienone is 2. The van der Waals surface area contributed by atoms with Crippen molar-refractivity contribution in [2.45, 2.75) is 33.1 Å². The molecule has 0 aliphatic heterocycles. The lowest BCUT2D eigenvalue weighted by molar-refractivity contribution is -0.108. The van der Waals surface area contributed by atoms with Crippen LogP contribution < -0.4 is 0 Å². The molecular weight excluding hydrogens is 152 g/mol. The lowest BCUT2D eigenvalue weighted by Gasteiger charge is -2.03. The van der Waals surface area contributed by atoms with Crippen LogP contribution in [0.15, 0.2) is 11.6 Å². The summed E-state index contributed by atoms with van der Waals surface area (Å²) in [6.45, 7) is 3.83. The van der Waals surface area contributed by atoms with Gasteiger partial charge in [-0.05, 0) is 31.3 Å². The Kier molecular flexibility index (Phi) is 6.25. The molecule has 0 fully saturated rings. The summed E-state index contributed by atoms with van der Waals surface area (Å²) in [4.78, 5) is 20.3. The fourth-order valence-corrected chi connectivity index (χ4v) is 0.926. The van der Waals surface area contributed by atoms with Crippen molar-refractivity contribution >= 4 is 12.6 Å². The van der Waals surface area contributed by atoms with E-state index in [9.17, 15) is 9.59 Å². The van der Waals surface area contributed by atoms with Crippen molar-refractivity contribution in [3.63, 3.8) is 0 Å². The molecule has 0 rings (SSSR count). The van der Waals surface area contributed by atoms with Gasteiger partial charge in [0.2, 0.25) is 0 Å². The van der Waals surface area contributed by atoms with Crippen LogP contribution in [0.5, 0.6) is 0 Å². The van der Waals surface area contributed by atoms with E-state index >= 15 is 0 Å². The Morgan fingerprint density at radius 1 is 1.42 bits per heavy atom. The molecule has 0 aliphatic carbocycles. The van der Waals surface area contributed by atoms with Crippen molar-refractivity contribution < 1.29 is 9.59 Å². The predicted molar refractivity (Wildman–Crippen MR) is 48.9 cm³/mol. The summed E-state index contributed by atoms with van der Waals surface area (Å²) in [6.07, 6.45) is 6.19. The molecule has 68 valence electrons. The predicted octanol–water partition coefficient (Wildman–Crippen LogP) is 2.14. The van der Waals surface area contributed by atoms with Crippen molar-refractivity contribution in [1.82, 2.24) is 0 Å². The molecule has 1 atom stereocenters. The molecule has 0 aromatic rings. The first-order valence-corrected chi connectivity index (χ1v) is 4.26. The van der Waals surface area contributed by atoms with Crippen LogP contribution in [0.4, 0.5) is 0 Å². The van der Waals surface area contributed by atoms with Crippen molar-refractivity contribution in [2.75, 3.05) is 0 Å². The minimum atomic E-state index is 0.429. The summed E-state index contributed by atoms with van der Waals surface area (Å²) < 4.78 is 0. The highest BCUT2D eigenvalue weighted by molar-refractivity contribution is 5.71. The first-order valence-electron chi connectivity index (χ1n) is 4.26. The van der Waals surface area contributed by atoms with E-state index in [1.54, 1.807) is 6.92 Å². The van der Waals surface area contributed by atoms with Crippen LogP contribution in [0.2, 0.25) is 0 Å². The molecule has 12 heavy (non-hydrogen) atoms. The van der Waals surface area contributed by atoms with Crippen molar-refractivity contribution in [2.24, 2.45) is 5.92 Å². The summed E-state index contributed by atoms with van der Waals surface area (Å²) >= 11 is 0. The molecule has 0 saturated carbocycles. The van der Waals surface area contributed by atoms with Crippen molar-refractivity contribution in [3.8, 4) is 0 Å². The molecule has 0 amide bonds. The maximum Gasteiger partial charge on any atom is 0.145 e. The van der Waals surface area contributed by atoms with Gasteiger partial charge in [0.25, 0.3) is 0 Å². The first kappa shape index (κ1) is 11.1. The Labute approximate surface area is 73.7 Å². The van der Waals surface area contributed by atoms with E-state index in [4.69, 9.17) is 0 Å². The van der Waals surface area contributed by atoms with Crippen LogP contribution >= 0.6 is 0 Å². The highest BCUT2D eigenvalue weighted by Crippen LogP contribution is 2.09. The normalized spacial score (nSPS) is 14.0. The molecule has 0 saturated heterocycles. The number of hydrogen-bond acceptors (Lipinski definition) is 2. The van der Waals surface area contributed by atoms with E-state index in [0.29, 0.717) is 12.3 Å². The zero-order valence-electron chi connectivity index (χ0n) is 7.75. The lowest BCUT2D eigenvalue weighted by Crippen LogP contribution is -1.94. The number of aldehydes is 2. The smallest absolute Gasteiger partial charge is 0.145 e. The van der Waals surface area contributed by atoms with Gasteiger partial charge in [-0.2, -0.15) is 0 Å². The highest BCUT2D eigenvalue weighted by Gasteiger charge is 1.98. The molecule has 1 unspecified atom stereocenters. The van der Waals surface area contributed by atoms with E-state index in [-0.39, 0.29) is 0 Å². The Morgan fingerprint density at radius 3 is 2.58 bits per heavy atom. The third kappa shape index (κ3) is 5.83. The monoisotopic (exact) mass is 168 g/mol. The van der Waals surface area contributed by atoms with Gasteiger partial charge in [0.15, 0.2) is 0 Å². The molecule has 0 N–H and O–H groups in total. The van der Waals surface area contributed by atoms with Crippen LogP contribution in [-0.4, -0.2) is 12.6 Å². The van der Waals surface area contributed by atoms with Gasteiger partial charge in [0.1, 0.15) is 12.6 Å². The first-order chi connectivity index (χ1) is 5.70. The Bertz CT molecular complexity index is 171. The van der Waals surface area contributed by atoms with Gasteiger partial charge < -0.3 is 4.79 Å². The largest absolute Gasteiger partial charge is 0.303 e. The van der Waals surface area contributed by atoms with Gasteiger partial charge in [-0.15, -0.1) is 0 Å². The van der Waals surface area contributed by atoms with Crippen LogP contribution in [0.3, 0.4) is 0 Å². The summed E-state index contributed by atoms with van der Waals surface area (Å²) in [5.41, 5.74) is 0.772. The van der Waals surface area contributed by atoms with Crippen LogP contribution in [0, 0.1) is 5.92 Å². The zero-order chi connectivity index (χ0) is 9.40. The molecule has 0 aliphatic rings. The molecule has 0 heterocycles. The van der Waals surface area contributed by atoms with E-state index in [0.717, 1.165) is 31.0 Å². The summed E-state index contributed by atoms with van der Waals surface area (Å²) in [5.74, 6) is 0.429. The van der Waals surface area contributed by atoms with Gasteiger partial charge in [-0.25, -0.2) is 0 Å². The fourth-order valence-electron chi connectivity index (χ4n) is 0.926. The maximum atomic E-state index is 10.2. The second-order valence-corrected chi connectivity index (χ2v) is 3.15. The van der Waals surface area contributed by atoms with Crippen LogP contribution in [-0.2, 0) is 9.59 Å². The Balaban J connectivity index is 3.54. The Morgan fingerprint density at radius 2 is 2.08 bits per heavy atom. The average Bonchev–Trinajstić information content (AvgIpc) is 2.04. The standard InChI is InChI=1S/C10H16O2/c1-9(6-7-11)4-3-5-10(2)8-12/h5,7-9H,3-4,6H2,1-2H3.